The summed E-state index contributed by atoms with van der Waals surface area (Å²) in [6.07, 6.45) is 2.44. The van der Waals surface area contributed by atoms with Crippen LogP contribution in [0.1, 0.15) is 58.6 Å². The van der Waals surface area contributed by atoms with Gasteiger partial charge in [-0.05, 0) is 67.1 Å². The first-order chi connectivity index (χ1) is 15.9. The van der Waals surface area contributed by atoms with E-state index in [1.807, 2.05) is 18.2 Å². The molecule has 1 atom stereocenters. The van der Waals surface area contributed by atoms with E-state index in [0.717, 1.165) is 49.2 Å². The number of hydrogen-bond donors (Lipinski definition) is 1. The van der Waals surface area contributed by atoms with Crippen LogP contribution < -0.4 is 5.32 Å². The van der Waals surface area contributed by atoms with E-state index in [-0.39, 0.29) is 35.0 Å². The summed E-state index contributed by atoms with van der Waals surface area (Å²) in [5, 5.41) is 2.57. The van der Waals surface area contributed by atoms with Crippen molar-refractivity contribution in [2.24, 2.45) is 0 Å². The fourth-order valence-corrected chi connectivity index (χ4v) is 5.50. The van der Waals surface area contributed by atoms with Crippen molar-refractivity contribution in [3.05, 3.63) is 69.5 Å². The van der Waals surface area contributed by atoms with Crippen LogP contribution >= 0.6 is 11.6 Å². The van der Waals surface area contributed by atoms with Crippen LogP contribution in [0.2, 0.25) is 5.02 Å². The third kappa shape index (κ3) is 4.27. The summed E-state index contributed by atoms with van der Waals surface area (Å²) in [6, 6.07) is 10.3. The predicted molar refractivity (Wildman–Crippen MR) is 121 cm³/mol. The molecular weight excluding hydrogens is 445 g/mol. The molecule has 0 aromatic heterocycles. The number of hydrogen-bond acceptors (Lipinski definition) is 4. The number of nitrogens with one attached hydrogen (secondary N) is 1. The van der Waals surface area contributed by atoms with E-state index >= 15 is 0 Å². The summed E-state index contributed by atoms with van der Waals surface area (Å²) >= 11 is 6.18. The number of rotatable bonds is 4. The number of halogens is 2. The number of fused-ring (bicyclic) bond motifs is 1. The Balaban J connectivity index is 1.22. The normalized spacial score (nSPS) is 21.9. The molecule has 3 heterocycles. The molecule has 0 aliphatic carbocycles. The number of imide groups is 1. The second-order valence-corrected chi connectivity index (χ2v) is 9.46. The fourth-order valence-electron chi connectivity index (χ4n) is 5.22. The topological polar surface area (TPSA) is 69.7 Å². The lowest BCUT2D eigenvalue weighted by Crippen LogP contribution is -2.52. The van der Waals surface area contributed by atoms with E-state index in [4.69, 9.17) is 11.6 Å². The largest absolute Gasteiger partial charge is 0.322 e. The van der Waals surface area contributed by atoms with Crippen LogP contribution in [0.4, 0.5) is 4.39 Å². The van der Waals surface area contributed by atoms with Crippen molar-refractivity contribution in [2.45, 2.75) is 50.7 Å². The van der Waals surface area contributed by atoms with Gasteiger partial charge in [-0.25, -0.2) is 4.39 Å². The van der Waals surface area contributed by atoms with E-state index in [0.29, 0.717) is 18.5 Å². The predicted octanol–water partition coefficient (Wildman–Crippen LogP) is 3.62. The molecule has 2 saturated heterocycles. The number of carbonyl (C=O) groups excluding carboxylic acids is 3. The van der Waals surface area contributed by atoms with E-state index in [9.17, 15) is 18.8 Å². The molecule has 3 amide bonds. The first-order valence-electron chi connectivity index (χ1n) is 11.3. The molecular formula is C25H25ClFN3O3. The van der Waals surface area contributed by atoms with Crippen LogP contribution in [0.5, 0.6) is 0 Å². The Bertz CT molecular complexity index is 1130. The zero-order chi connectivity index (χ0) is 23.1. The number of likely N-dealkylation sites (tertiary alicyclic amines) is 1. The quantitative estimate of drug-likeness (QED) is 0.694. The molecule has 0 saturated carbocycles. The van der Waals surface area contributed by atoms with Crippen molar-refractivity contribution >= 4 is 29.3 Å². The monoisotopic (exact) mass is 469 g/mol. The van der Waals surface area contributed by atoms with E-state index in [1.54, 1.807) is 11.0 Å². The summed E-state index contributed by atoms with van der Waals surface area (Å²) in [6.45, 7) is 2.92. The van der Waals surface area contributed by atoms with Gasteiger partial charge in [0.2, 0.25) is 11.8 Å². The lowest BCUT2D eigenvalue weighted by atomic mass is 9.89. The Kier molecular flexibility index (Phi) is 5.93. The number of benzene rings is 2. The molecule has 1 N–H and O–H groups in total. The van der Waals surface area contributed by atoms with Crippen molar-refractivity contribution in [2.75, 3.05) is 13.1 Å². The maximum atomic E-state index is 13.8. The highest BCUT2D eigenvalue weighted by atomic mass is 35.5. The van der Waals surface area contributed by atoms with Crippen molar-refractivity contribution in [3.63, 3.8) is 0 Å². The van der Waals surface area contributed by atoms with Gasteiger partial charge in [-0.15, -0.1) is 0 Å². The molecule has 0 bridgehead atoms. The van der Waals surface area contributed by atoms with Gasteiger partial charge in [0, 0.05) is 25.1 Å². The van der Waals surface area contributed by atoms with Crippen molar-refractivity contribution in [1.29, 1.82) is 0 Å². The first kappa shape index (κ1) is 22.0. The molecule has 3 aliphatic heterocycles. The van der Waals surface area contributed by atoms with Gasteiger partial charge in [-0.3, -0.25) is 24.6 Å². The van der Waals surface area contributed by atoms with Crippen molar-refractivity contribution in [1.82, 2.24) is 15.1 Å². The van der Waals surface area contributed by atoms with E-state index < -0.39 is 11.9 Å². The highest BCUT2D eigenvalue weighted by molar-refractivity contribution is 6.31. The molecule has 5 rings (SSSR count). The zero-order valence-electron chi connectivity index (χ0n) is 18.2. The van der Waals surface area contributed by atoms with Crippen LogP contribution in [0.25, 0.3) is 0 Å². The third-order valence-electron chi connectivity index (χ3n) is 7.00. The summed E-state index contributed by atoms with van der Waals surface area (Å²) in [7, 11) is 0. The average molecular weight is 470 g/mol. The molecule has 2 aromatic carbocycles. The Hall–Kier alpha value is -2.77. The first-order valence-corrected chi connectivity index (χ1v) is 11.7. The van der Waals surface area contributed by atoms with Crippen LogP contribution in [-0.2, 0) is 22.7 Å². The molecule has 172 valence electrons. The summed E-state index contributed by atoms with van der Waals surface area (Å²) in [5.74, 6) is -0.946. The Morgan fingerprint density at radius 3 is 2.61 bits per heavy atom. The van der Waals surface area contributed by atoms with Gasteiger partial charge in [0.25, 0.3) is 5.91 Å². The van der Waals surface area contributed by atoms with Crippen LogP contribution in [0, 0.1) is 5.82 Å². The molecule has 0 radical (unpaired) electrons. The lowest BCUT2D eigenvalue weighted by molar-refractivity contribution is -0.136. The molecule has 2 fully saturated rings. The third-order valence-corrected chi connectivity index (χ3v) is 7.40. The standard InChI is InChI=1S/C25H25ClFN3O3/c26-23-18(2-1-3-20(23)27)16-8-10-29(11-9-16)13-15-4-5-19-17(12-15)14-30(25(19)33)21-6-7-22(31)28-24(21)32/h1-5,12,16,21H,6-11,13-14H2,(H,28,31,32). The molecule has 8 heteroatoms. The Morgan fingerprint density at radius 1 is 1.06 bits per heavy atom. The molecule has 3 aliphatic rings. The van der Waals surface area contributed by atoms with Crippen molar-refractivity contribution in [3.8, 4) is 0 Å². The Labute approximate surface area is 196 Å². The highest BCUT2D eigenvalue weighted by Crippen LogP contribution is 2.35. The zero-order valence-corrected chi connectivity index (χ0v) is 18.9. The second kappa shape index (κ2) is 8.88. The number of carbonyl (C=O) groups is 3. The minimum absolute atomic E-state index is 0.154. The van der Waals surface area contributed by atoms with Gasteiger partial charge in [-0.2, -0.15) is 0 Å². The summed E-state index contributed by atoms with van der Waals surface area (Å²) < 4.78 is 13.8. The maximum absolute atomic E-state index is 13.8. The number of amides is 3. The summed E-state index contributed by atoms with van der Waals surface area (Å²) in [5.41, 5.74) is 3.56. The Morgan fingerprint density at radius 2 is 1.85 bits per heavy atom. The smallest absolute Gasteiger partial charge is 0.255 e. The van der Waals surface area contributed by atoms with E-state index in [1.165, 1.54) is 6.07 Å². The molecule has 6 nitrogen and oxygen atoms in total. The van der Waals surface area contributed by atoms with Crippen LogP contribution in [-0.4, -0.2) is 46.7 Å². The van der Waals surface area contributed by atoms with Crippen molar-refractivity contribution < 1.29 is 18.8 Å². The minimum Gasteiger partial charge on any atom is -0.322 e. The fraction of sp³-hybridized carbons (Fsp3) is 0.400. The lowest BCUT2D eigenvalue weighted by Gasteiger charge is -2.32. The molecule has 2 aromatic rings. The van der Waals surface area contributed by atoms with Crippen LogP contribution in [0.15, 0.2) is 36.4 Å². The van der Waals surface area contributed by atoms with Gasteiger partial charge in [0.15, 0.2) is 0 Å². The number of nitrogens with zero attached hydrogens (tertiary/aromatic N) is 2. The minimum atomic E-state index is -0.597. The van der Waals surface area contributed by atoms with Gasteiger partial charge < -0.3 is 4.90 Å². The van der Waals surface area contributed by atoms with Gasteiger partial charge >= 0.3 is 0 Å². The summed E-state index contributed by atoms with van der Waals surface area (Å²) in [4.78, 5) is 40.5. The number of piperidine rings is 2. The van der Waals surface area contributed by atoms with Crippen LogP contribution in [0.3, 0.4) is 0 Å². The molecule has 0 spiro atoms. The molecule has 1 unspecified atom stereocenters. The van der Waals surface area contributed by atoms with Gasteiger partial charge in [0.1, 0.15) is 11.9 Å². The van der Waals surface area contributed by atoms with E-state index in [2.05, 4.69) is 16.3 Å². The van der Waals surface area contributed by atoms with Gasteiger partial charge in [-0.1, -0.05) is 35.9 Å². The average Bonchev–Trinajstić information content (AvgIpc) is 3.12. The maximum Gasteiger partial charge on any atom is 0.255 e. The molecule has 33 heavy (non-hydrogen) atoms. The highest BCUT2D eigenvalue weighted by Gasteiger charge is 2.39. The van der Waals surface area contributed by atoms with Gasteiger partial charge in [0.05, 0.1) is 5.02 Å². The second-order valence-electron chi connectivity index (χ2n) is 9.08. The SMILES string of the molecule is O=C1CCC(N2Cc3cc(CN4CCC(c5cccc(F)c5Cl)CC4)ccc3C2=O)C(=O)N1.